The van der Waals surface area contributed by atoms with Crippen molar-refractivity contribution < 1.29 is 24.6 Å². The molecule has 0 heterocycles. The van der Waals surface area contributed by atoms with Crippen molar-refractivity contribution in [1.82, 2.24) is 10.6 Å². The fourth-order valence-electron chi connectivity index (χ4n) is 2.09. The number of amides is 2. The molecule has 0 aliphatic carbocycles. The Morgan fingerprint density at radius 1 is 1.12 bits per heavy atom. The molecule has 0 aliphatic heterocycles. The molecule has 7 nitrogen and oxygen atoms in total. The first-order chi connectivity index (χ1) is 11.3. The number of nitrogens with one attached hydrogen (secondary N) is 2. The second-order valence-electron chi connectivity index (χ2n) is 5.30. The summed E-state index contributed by atoms with van der Waals surface area (Å²) in [6, 6.07) is 4.21. The second kappa shape index (κ2) is 9.82. The maximum Gasteiger partial charge on any atom is 0.326 e. The predicted molar refractivity (Wildman–Crippen MR) is 92.0 cm³/mol. The molecular weight excluding hydrogens is 332 g/mol. The smallest absolute Gasteiger partial charge is 0.326 e. The molecule has 24 heavy (non-hydrogen) atoms. The monoisotopic (exact) mass is 354 g/mol. The van der Waals surface area contributed by atoms with Crippen molar-refractivity contribution in [3.8, 4) is 5.75 Å². The maximum absolute atomic E-state index is 12.3. The van der Waals surface area contributed by atoms with Crippen LogP contribution in [0.5, 0.6) is 5.75 Å². The lowest BCUT2D eigenvalue weighted by Gasteiger charge is -2.21. The number of carbonyl (C=O) groups excluding carboxylic acids is 2. The highest BCUT2D eigenvalue weighted by atomic mass is 32.2. The van der Waals surface area contributed by atoms with Crippen LogP contribution in [0.1, 0.15) is 18.9 Å². The predicted octanol–water partition coefficient (Wildman–Crippen LogP) is 0.762. The van der Waals surface area contributed by atoms with Crippen LogP contribution in [0.2, 0.25) is 0 Å². The van der Waals surface area contributed by atoms with E-state index in [2.05, 4.69) is 10.6 Å². The van der Waals surface area contributed by atoms with Gasteiger partial charge in [-0.3, -0.25) is 9.59 Å². The minimum absolute atomic E-state index is 0.0800. The number of benzene rings is 1. The molecule has 0 aromatic heterocycles. The van der Waals surface area contributed by atoms with Crippen LogP contribution in [0, 0.1) is 0 Å². The van der Waals surface area contributed by atoms with Crippen molar-refractivity contribution in [2.24, 2.45) is 0 Å². The van der Waals surface area contributed by atoms with Crippen LogP contribution in [0.3, 0.4) is 0 Å². The van der Waals surface area contributed by atoms with Gasteiger partial charge in [0.2, 0.25) is 11.8 Å². The van der Waals surface area contributed by atoms with E-state index < -0.39 is 24.0 Å². The molecule has 0 bridgehead atoms. The molecule has 0 spiro atoms. The Balaban J connectivity index is 2.76. The molecule has 0 saturated heterocycles. The van der Waals surface area contributed by atoms with Gasteiger partial charge in [0.15, 0.2) is 0 Å². The van der Waals surface area contributed by atoms with Gasteiger partial charge in [-0.15, -0.1) is 0 Å². The quantitative estimate of drug-likeness (QED) is 0.520. The van der Waals surface area contributed by atoms with Crippen LogP contribution in [0.15, 0.2) is 24.3 Å². The van der Waals surface area contributed by atoms with Crippen LogP contribution < -0.4 is 10.6 Å². The summed E-state index contributed by atoms with van der Waals surface area (Å²) in [7, 11) is 0. The van der Waals surface area contributed by atoms with Crippen molar-refractivity contribution >= 4 is 29.5 Å². The Morgan fingerprint density at radius 2 is 1.75 bits per heavy atom. The molecular formula is C16H22N2O5S. The molecule has 132 valence electrons. The molecule has 8 heteroatoms. The minimum Gasteiger partial charge on any atom is -0.508 e. The number of aromatic hydroxyl groups is 1. The van der Waals surface area contributed by atoms with E-state index in [1.165, 1.54) is 30.8 Å². The third-order valence-electron chi connectivity index (χ3n) is 3.30. The van der Waals surface area contributed by atoms with Crippen LogP contribution in [-0.2, 0) is 20.8 Å². The number of phenols is 1. The van der Waals surface area contributed by atoms with Gasteiger partial charge in [0.25, 0.3) is 0 Å². The Morgan fingerprint density at radius 3 is 2.25 bits per heavy atom. The second-order valence-corrected chi connectivity index (χ2v) is 6.29. The average Bonchev–Trinajstić information content (AvgIpc) is 2.52. The van der Waals surface area contributed by atoms with Crippen molar-refractivity contribution in [3.05, 3.63) is 29.8 Å². The first-order valence-corrected chi connectivity index (χ1v) is 8.80. The molecule has 2 amide bonds. The van der Waals surface area contributed by atoms with Crippen molar-refractivity contribution in [2.75, 3.05) is 12.0 Å². The number of aliphatic carboxylic acids is 1. The number of hydrogen-bond acceptors (Lipinski definition) is 5. The van der Waals surface area contributed by atoms with Crippen molar-refractivity contribution in [2.45, 2.75) is 31.8 Å². The Labute approximate surface area is 144 Å². The lowest BCUT2D eigenvalue weighted by molar-refractivity contribution is -0.142. The number of hydrogen-bond donors (Lipinski definition) is 4. The van der Waals surface area contributed by atoms with Gasteiger partial charge in [0, 0.05) is 13.3 Å². The normalized spacial score (nSPS) is 12.9. The summed E-state index contributed by atoms with van der Waals surface area (Å²) in [4.78, 5) is 34.9. The number of carboxylic acids is 1. The fourth-order valence-corrected chi connectivity index (χ4v) is 2.56. The molecule has 1 aromatic carbocycles. The third kappa shape index (κ3) is 6.91. The lowest BCUT2D eigenvalue weighted by Crippen LogP contribution is -2.52. The van der Waals surface area contributed by atoms with Gasteiger partial charge < -0.3 is 20.8 Å². The first-order valence-electron chi connectivity index (χ1n) is 7.40. The SMILES string of the molecule is CSCC[C@H](NC(C)=O)C(=O)N[C@@H](Cc1ccc(O)cc1)C(=O)O. The van der Waals surface area contributed by atoms with Crippen molar-refractivity contribution in [3.63, 3.8) is 0 Å². The first kappa shape index (κ1) is 19.8. The van der Waals surface area contributed by atoms with Crippen LogP contribution in [-0.4, -0.2) is 52.1 Å². The molecule has 4 N–H and O–H groups in total. The van der Waals surface area contributed by atoms with E-state index >= 15 is 0 Å². The summed E-state index contributed by atoms with van der Waals surface area (Å²) in [6.45, 7) is 1.31. The van der Waals surface area contributed by atoms with Gasteiger partial charge in [-0.25, -0.2) is 4.79 Å². The largest absolute Gasteiger partial charge is 0.508 e. The highest BCUT2D eigenvalue weighted by Gasteiger charge is 2.25. The summed E-state index contributed by atoms with van der Waals surface area (Å²) >= 11 is 1.53. The summed E-state index contributed by atoms with van der Waals surface area (Å²) in [5.74, 6) is -1.29. The van der Waals surface area contributed by atoms with Crippen LogP contribution in [0.4, 0.5) is 0 Å². The number of phenolic OH excluding ortho intramolecular Hbond substituents is 1. The van der Waals surface area contributed by atoms with E-state index in [1.807, 2.05) is 6.26 Å². The summed E-state index contributed by atoms with van der Waals surface area (Å²) in [5, 5.41) is 23.6. The topological polar surface area (TPSA) is 116 Å². The van der Waals surface area contributed by atoms with Gasteiger partial charge in [0.05, 0.1) is 0 Å². The Kier molecular flexibility index (Phi) is 8.11. The molecule has 1 aromatic rings. The van der Waals surface area contributed by atoms with E-state index in [9.17, 15) is 24.6 Å². The van der Waals surface area contributed by atoms with E-state index in [0.29, 0.717) is 17.7 Å². The Bertz CT molecular complexity index is 576. The molecule has 0 fully saturated rings. The molecule has 0 unspecified atom stereocenters. The summed E-state index contributed by atoms with van der Waals surface area (Å²) < 4.78 is 0. The van der Waals surface area contributed by atoms with E-state index in [-0.39, 0.29) is 18.1 Å². The number of carbonyl (C=O) groups is 3. The average molecular weight is 354 g/mol. The highest BCUT2D eigenvalue weighted by molar-refractivity contribution is 7.98. The number of carboxylic acid groups (broad SMARTS) is 1. The summed E-state index contributed by atoms with van der Waals surface area (Å²) in [5.41, 5.74) is 0.667. The van der Waals surface area contributed by atoms with E-state index in [4.69, 9.17) is 0 Å². The molecule has 0 saturated carbocycles. The fraction of sp³-hybridized carbons (Fsp3) is 0.438. The van der Waals surface area contributed by atoms with Crippen LogP contribution in [0.25, 0.3) is 0 Å². The molecule has 0 radical (unpaired) electrons. The number of rotatable bonds is 9. The summed E-state index contributed by atoms with van der Waals surface area (Å²) in [6.07, 6.45) is 2.38. The standard InChI is InChI=1S/C16H22N2O5S/c1-10(19)17-13(7-8-24-2)15(21)18-14(16(22)23)9-11-3-5-12(20)6-4-11/h3-6,13-14,20H,7-9H2,1-2H3,(H,17,19)(H,18,21)(H,22,23)/t13-,14-/m0/s1. The zero-order chi connectivity index (χ0) is 18.1. The highest BCUT2D eigenvalue weighted by Crippen LogP contribution is 2.12. The maximum atomic E-state index is 12.3. The zero-order valence-electron chi connectivity index (χ0n) is 13.6. The van der Waals surface area contributed by atoms with Crippen LogP contribution >= 0.6 is 11.8 Å². The Hall–Kier alpha value is -2.22. The minimum atomic E-state index is -1.16. The number of thioether (sulfide) groups is 1. The molecule has 1 rings (SSSR count). The molecule has 2 atom stereocenters. The van der Waals surface area contributed by atoms with Gasteiger partial charge in [0.1, 0.15) is 17.8 Å². The third-order valence-corrected chi connectivity index (χ3v) is 3.94. The van der Waals surface area contributed by atoms with E-state index in [0.717, 1.165) is 0 Å². The lowest BCUT2D eigenvalue weighted by atomic mass is 10.0. The zero-order valence-corrected chi connectivity index (χ0v) is 14.4. The van der Waals surface area contributed by atoms with E-state index in [1.54, 1.807) is 12.1 Å². The molecule has 0 aliphatic rings. The van der Waals surface area contributed by atoms with Crippen molar-refractivity contribution in [1.29, 1.82) is 0 Å². The van der Waals surface area contributed by atoms with Gasteiger partial charge in [-0.2, -0.15) is 11.8 Å². The van der Waals surface area contributed by atoms with Gasteiger partial charge >= 0.3 is 5.97 Å². The van der Waals surface area contributed by atoms with Gasteiger partial charge in [-0.05, 0) is 36.1 Å². The van der Waals surface area contributed by atoms with Gasteiger partial charge in [-0.1, -0.05) is 12.1 Å².